The van der Waals surface area contributed by atoms with E-state index in [9.17, 15) is 14.4 Å². The Bertz CT molecular complexity index is 1380. The van der Waals surface area contributed by atoms with Crippen LogP contribution in [0.3, 0.4) is 0 Å². The van der Waals surface area contributed by atoms with E-state index in [2.05, 4.69) is 10.6 Å². The Hall–Kier alpha value is -3.97. The highest BCUT2D eigenvalue weighted by atomic mass is 16.5. The number of hydrogen-bond donors (Lipinski definition) is 2. The van der Waals surface area contributed by atoms with Gasteiger partial charge in [-0.1, -0.05) is 67.4 Å². The second-order valence-electron chi connectivity index (χ2n) is 11.8. The quantitative estimate of drug-likeness (QED) is 0.121. The number of anilines is 1. The Labute approximate surface area is 254 Å². The second kappa shape index (κ2) is 14.5. The molecule has 2 aliphatic rings. The molecule has 0 amide bonds. The third-order valence-corrected chi connectivity index (χ3v) is 8.72. The van der Waals surface area contributed by atoms with Crippen molar-refractivity contribution < 1.29 is 23.9 Å². The molecule has 2 aliphatic carbocycles. The first kappa shape index (κ1) is 30.5. The summed E-state index contributed by atoms with van der Waals surface area (Å²) < 4.78 is 11.0. The van der Waals surface area contributed by atoms with Crippen molar-refractivity contribution in [1.82, 2.24) is 5.32 Å². The molecule has 2 saturated carbocycles. The molecule has 43 heavy (non-hydrogen) atoms. The molecule has 3 aromatic rings. The molecule has 2 fully saturated rings. The minimum absolute atomic E-state index is 0.0951. The van der Waals surface area contributed by atoms with Crippen molar-refractivity contribution in [3.05, 3.63) is 95.6 Å². The topological polar surface area (TPSA) is 93.7 Å². The van der Waals surface area contributed by atoms with E-state index in [0.29, 0.717) is 41.5 Å². The van der Waals surface area contributed by atoms with Crippen LogP contribution in [0.2, 0.25) is 0 Å². The van der Waals surface area contributed by atoms with Crippen LogP contribution in [0.1, 0.15) is 66.4 Å². The van der Waals surface area contributed by atoms with E-state index in [4.69, 9.17) is 9.47 Å². The number of para-hydroxylation sites is 1. The van der Waals surface area contributed by atoms with Gasteiger partial charge in [0.25, 0.3) is 0 Å². The van der Waals surface area contributed by atoms with Crippen molar-refractivity contribution in [1.29, 1.82) is 0 Å². The number of carbonyl (C=O) groups is 3. The van der Waals surface area contributed by atoms with E-state index in [1.54, 1.807) is 24.3 Å². The predicted molar refractivity (Wildman–Crippen MR) is 168 cm³/mol. The highest BCUT2D eigenvalue weighted by molar-refractivity contribution is 6.12. The smallest absolute Gasteiger partial charge is 0.328 e. The maximum atomic E-state index is 13.2. The van der Waals surface area contributed by atoms with Gasteiger partial charge in [0.15, 0.2) is 5.78 Å². The fourth-order valence-electron chi connectivity index (χ4n) is 6.03. The SMILES string of the molecule is COC(=O)C(Cc1ccc(OCCCNCC2(C(=O)C3CCCC3)CC2)cc1)Nc1ccccc1C(=O)c1ccccc1. The number of rotatable bonds is 16. The number of benzene rings is 3. The third-order valence-electron chi connectivity index (χ3n) is 8.72. The van der Waals surface area contributed by atoms with Crippen LogP contribution in [0.4, 0.5) is 5.69 Å². The van der Waals surface area contributed by atoms with Gasteiger partial charge < -0.3 is 20.1 Å². The highest BCUT2D eigenvalue weighted by Crippen LogP contribution is 2.49. The zero-order valence-corrected chi connectivity index (χ0v) is 25.0. The molecule has 0 radical (unpaired) electrons. The van der Waals surface area contributed by atoms with Crippen LogP contribution in [0.25, 0.3) is 0 Å². The third kappa shape index (κ3) is 7.90. The lowest BCUT2D eigenvalue weighted by Gasteiger charge is -2.20. The van der Waals surface area contributed by atoms with Gasteiger partial charge in [0, 0.05) is 41.1 Å². The lowest BCUT2D eigenvalue weighted by Crippen LogP contribution is -2.34. The Kier molecular flexibility index (Phi) is 10.3. The van der Waals surface area contributed by atoms with E-state index >= 15 is 0 Å². The van der Waals surface area contributed by atoms with Gasteiger partial charge in [-0.05, 0) is 68.5 Å². The van der Waals surface area contributed by atoms with Crippen molar-refractivity contribution in [3.8, 4) is 5.75 Å². The molecule has 1 atom stereocenters. The summed E-state index contributed by atoms with van der Waals surface area (Å²) in [6, 6.07) is 23.3. The molecule has 5 rings (SSSR count). The number of esters is 1. The Balaban J connectivity index is 1.09. The van der Waals surface area contributed by atoms with E-state index in [-0.39, 0.29) is 11.2 Å². The van der Waals surface area contributed by atoms with Crippen LogP contribution < -0.4 is 15.4 Å². The normalized spacial score (nSPS) is 16.3. The van der Waals surface area contributed by atoms with Crippen molar-refractivity contribution >= 4 is 23.2 Å². The highest BCUT2D eigenvalue weighted by Gasteiger charge is 2.51. The standard InChI is InChI=1S/C36H42N2O5/c1-42-35(41)32(38-31-15-8-7-14-30(31)33(39)27-10-3-2-4-11-27)24-26-16-18-29(19-17-26)43-23-9-22-37-25-36(20-21-36)34(40)28-12-5-6-13-28/h2-4,7-8,10-11,14-19,28,32,37-38H,5-6,9,12-13,20-25H2,1H3. The summed E-state index contributed by atoms with van der Waals surface area (Å²) in [6.45, 7) is 2.18. The van der Waals surface area contributed by atoms with Gasteiger partial charge in [-0.15, -0.1) is 0 Å². The maximum Gasteiger partial charge on any atom is 0.328 e. The summed E-state index contributed by atoms with van der Waals surface area (Å²) in [4.78, 5) is 38.7. The van der Waals surface area contributed by atoms with Gasteiger partial charge in [-0.25, -0.2) is 4.79 Å². The molecule has 7 nitrogen and oxygen atoms in total. The molecular formula is C36H42N2O5. The van der Waals surface area contributed by atoms with Crippen molar-refractivity contribution in [2.75, 3.05) is 32.1 Å². The lowest BCUT2D eigenvalue weighted by molar-refractivity contribution is -0.141. The fourth-order valence-corrected chi connectivity index (χ4v) is 6.03. The molecule has 0 aliphatic heterocycles. The van der Waals surface area contributed by atoms with Gasteiger partial charge in [0.2, 0.25) is 0 Å². The lowest BCUT2D eigenvalue weighted by atomic mass is 9.89. The van der Waals surface area contributed by atoms with Crippen molar-refractivity contribution in [3.63, 3.8) is 0 Å². The Morgan fingerprint density at radius 3 is 2.30 bits per heavy atom. The summed E-state index contributed by atoms with van der Waals surface area (Å²) >= 11 is 0. The Morgan fingerprint density at radius 1 is 0.907 bits per heavy atom. The second-order valence-corrected chi connectivity index (χ2v) is 11.8. The molecule has 2 N–H and O–H groups in total. The number of ether oxygens (including phenoxy) is 2. The summed E-state index contributed by atoms with van der Waals surface area (Å²) in [5.74, 6) is 1.04. The van der Waals surface area contributed by atoms with Crippen LogP contribution >= 0.6 is 0 Å². The number of methoxy groups -OCH3 is 1. The van der Waals surface area contributed by atoms with Gasteiger partial charge >= 0.3 is 5.97 Å². The molecule has 0 spiro atoms. The summed E-state index contributed by atoms with van der Waals surface area (Å²) in [6.07, 6.45) is 7.86. The first-order valence-corrected chi connectivity index (χ1v) is 15.5. The zero-order valence-electron chi connectivity index (χ0n) is 25.0. The van der Waals surface area contributed by atoms with Crippen molar-refractivity contribution in [2.24, 2.45) is 11.3 Å². The summed E-state index contributed by atoms with van der Waals surface area (Å²) in [5, 5.41) is 6.74. The molecule has 0 saturated heterocycles. The Morgan fingerprint density at radius 2 is 1.60 bits per heavy atom. The molecule has 1 unspecified atom stereocenters. The van der Waals surface area contributed by atoms with Gasteiger partial charge in [-0.2, -0.15) is 0 Å². The summed E-state index contributed by atoms with van der Waals surface area (Å²) in [7, 11) is 1.36. The predicted octanol–water partition coefficient (Wildman–Crippen LogP) is 6.01. The zero-order chi connectivity index (χ0) is 30.1. The van der Waals surface area contributed by atoms with E-state index in [0.717, 1.165) is 56.5 Å². The number of ketones is 2. The molecule has 0 aromatic heterocycles. The van der Waals surface area contributed by atoms with Crippen LogP contribution in [-0.4, -0.2) is 50.4 Å². The fraction of sp³-hybridized carbons (Fsp3) is 0.417. The van der Waals surface area contributed by atoms with Crippen LogP contribution in [0.15, 0.2) is 78.9 Å². The molecule has 3 aromatic carbocycles. The number of carbonyl (C=O) groups excluding carboxylic acids is 3. The average molecular weight is 583 g/mol. The largest absolute Gasteiger partial charge is 0.494 e. The van der Waals surface area contributed by atoms with E-state index in [1.807, 2.05) is 54.6 Å². The molecule has 0 bridgehead atoms. The number of Topliss-reactive ketones (excluding diaryl/α,β-unsaturated/α-hetero) is 1. The summed E-state index contributed by atoms with van der Waals surface area (Å²) in [5.41, 5.74) is 2.50. The van der Waals surface area contributed by atoms with Crippen LogP contribution in [-0.2, 0) is 20.7 Å². The molecule has 0 heterocycles. The first-order chi connectivity index (χ1) is 21.0. The minimum Gasteiger partial charge on any atom is -0.494 e. The minimum atomic E-state index is -0.678. The maximum absolute atomic E-state index is 13.2. The monoisotopic (exact) mass is 582 g/mol. The molecule has 7 heteroatoms. The van der Waals surface area contributed by atoms with Crippen LogP contribution in [0.5, 0.6) is 5.75 Å². The van der Waals surface area contributed by atoms with Crippen LogP contribution in [0, 0.1) is 11.3 Å². The van der Waals surface area contributed by atoms with E-state index in [1.165, 1.54) is 20.0 Å². The van der Waals surface area contributed by atoms with Gasteiger partial charge in [-0.3, -0.25) is 9.59 Å². The average Bonchev–Trinajstić information content (AvgIpc) is 3.64. The number of hydrogen-bond acceptors (Lipinski definition) is 7. The van der Waals surface area contributed by atoms with Gasteiger partial charge in [0.05, 0.1) is 13.7 Å². The van der Waals surface area contributed by atoms with E-state index < -0.39 is 12.0 Å². The molecular weight excluding hydrogens is 540 g/mol. The van der Waals surface area contributed by atoms with Crippen molar-refractivity contribution in [2.45, 2.75) is 57.4 Å². The molecule has 226 valence electrons. The number of nitrogens with one attached hydrogen (secondary N) is 2. The van der Waals surface area contributed by atoms with Gasteiger partial charge in [0.1, 0.15) is 17.6 Å². The first-order valence-electron chi connectivity index (χ1n) is 15.5.